The van der Waals surface area contributed by atoms with Crippen LogP contribution in [0.25, 0.3) is 20.8 Å². The van der Waals surface area contributed by atoms with Crippen LogP contribution in [0.1, 0.15) is 23.5 Å². The van der Waals surface area contributed by atoms with Crippen LogP contribution >= 0.6 is 11.3 Å². The van der Waals surface area contributed by atoms with Crippen molar-refractivity contribution in [3.63, 3.8) is 0 Å². The van der Waals surface area contributed by atoms with Crippen LogP contribution in [0.4, 0.5) is 11.8 Å². The van der Waals surface area contributed by atoms with Gasteiger partial charge in [0.1, 0.15) is 16.9 Å². The zero-order valence-electron chi connectivity index (χ0n) is 19.0. The highest BCUT2D eigenvalue weighted by atomic mass is 32.1. The number of nitrogens with zero attached hydrogens (tertiary/aromatic N) is 3. The highest BCUT2D eigenvalue weighted by molar-refractivity contribution is 7.21. The molecule has 0 aliphatic heterocycles. The molecule has 3 heterocycles. The number of rotatable bonds is 7. The Bertz CT molecular complexity index is 1270. The van der Waals surface area contributed by atoms with E-state index in [0.717, 1.165) is 37.9 Å². The van der Waals surface area contributed by atoms with Gasteiger partial charge in [-0.1, -0.05) is 12.1 Å². The van der Waals surface area contributed by atoms with Gasteiger partial charge in [0.15, 0.2) is 0 Å². The van der Waals surface area contributed by atoms with Crippen LogP contribution in [-0.2, 0) is 6.54 Å². The van der Waals surface area contributed by atoms with E-state index in [9.17, 15) is 15.3 Å². The van der Waals surface area contributed by atoms with E-state index in [4.69, 9.17) is 9.97 Å². The molecule has 6 N–H and O–H groups in total. The summed E-state index contributed by atoms with van der Waals surface area (Å²) in [6.07, 6.45) is -1.59. The summed E-state index contributed by atoms with van der Waals surface area (Å²) in [6.45, 7) is 4.26. The quantitative estimate of drug-likeness (QED) is 0.237. The van der Waals surface area contributed by atoms with Gasteiger partial charge in [0.05, 0.1) is 40.2 Å². The lowest BCUT2D eigenvalue weighted by Gasteiger charge is -2.21. The molecule has 0 spiro atoms. The molecule has 0 amide bonds. The maximum atomic E-state index is 10.6. The van der Waals surface area contributed by atoms with Crippen molar-refractivity contribution in [2.75, 3.05) is 17.2 Å². The summed E-state index contributed by atoms with van der Waals surface area (Å²) in [5.41, 5.74) is 4.50. The third kappa shape index (κ3) is 4.37. The molecule has 3 aromatic heterocycles. The second-order valence-corrected chi connectivity index (χ2v) is 9.80. The minimum absolute atomic E-state index is 0.188. The Morgan fingerprint density at radius 1 is 1.06 bits per heavy atom. The lowest BCUT2D eigenvalue weighted by molar-refractivity contribution is 0.00446. The van der Waals surface area contributed by atoms with Crippen LogP contribution in [0.15, 0.2) is 36.4 Å². The standard InChI is InChI=1S/C24H28N6O3S/c1-12-7-8-15(26-12)10-25-24-27-13(2)19(23-29-16-5-3-4-6-18(16)34-23)22(30-24)28-17-9-14(11-31)20(32)21(17)33/h3-8,14,17,20-21,26,31-33H,9-11H2,1-2H3,(H2,25,27,28,30). The van der Waals surface area contributed by atoms with Crippen molar-refractivity contribution < 1.29 is 15.3 Å². The number of aromatic amines is 1. The summed E-state index contributed by atoms with van der Waals surface area (Å²) in [4.78, 5) is 17.5. The molecule has 1 aliphatic carbocycles. The molecule has 5 rings (SSSR count). The third-order valence-electron chi connectivity index (χ3n) is 6.29. The fourth-order valence-electron chi connectivity index (χ4n) is 4.46. The van der Waals surface area contributed by atoms with Gasteiger partial charge in [-0.3, -0.25) is 0 Å². The zero-order valence-corrected chi connectivity index (χ0v) is 19.8. The van der Waals surface area contributed by atoms with E-state index in [1.807, 2.05) is 50.2 Å². The van der Waals surface area contributed by atoms with E-state index in [0.29, 0.717) is 24.7 Å². The Labute approximate surface area is 200 Å². The number of anilines is 2. The van der Waals surface area contributed by atoms with Gasteiger partial charge in [0.2, 0.25) is 5.95 Å². The lowest BCUT2D eigenvalue weighted by atomic mass is 10.1. The molecule has 0 bridgehead atoms. The van der Waals surface area contributed by atoms with Crippen molar-refractivity contribution in [2.45, 2.75) is 45.1 Å². The molecule has 9 nitrogen and oxygen atoms in total. The number of hydrogen-bond acceptors (Lipinski definition) is 9. The summed E-state index contributed by atoms with van der Waals surface area (Å²) in [5.74, 6) is 0.588. The number of hydrogen-bond donors (Lipinski definition) is 6. The maximum Gasteiger partial charge on any atom is 0.225 e. The molecule has 1 saturated carbocycles. The first-order valence-corrected chi connectivity index (χ1v) is 12.1. The number of para-hydroxylation sites is 1. The van der Waals surface area contributed by atoms with Crippen LogP contribution in [-0.4, -0.2) is 60.1 Å². The van der Waals surface area contributed by atoms with Crippen molar-refractivity contribution >= 4 is 33.3 Å². The maximum absolute atomic E-state index is 10.6. The van der Waals surface area contributed by atoms with Crippen molar-refractivity contribution in [1.82, 2.24) is 19.9 Å². The largest absolute Gasteiger partial charge is 0.396 e. The van der Waals surface area contributed by atoms with Gasteiger partial charge in [-0.2, -0.15) is 4.98 Å². The second kappa shape index (κ2) is 9.30. The first-order valence-electron chi connectivity index (χ1n) is 11.3. The van der Waals surface area contributed by atoms with Crippen LogP contribution in [0.2, 0.25) is 0 Å². The average Bonchev–Trinajstić information content (AvgIpc) is 3.51. The van der Waals surface area contributed by atoms with E-state index in [-0.39, 0.29) is 6.61 Å². The second-order valence-electron chi connectivity index (χ2n) is 8.77. The van der Waals surface area contributed by atoms with E-state index in [1.165, 1.54) is 0 Å². The van der Waals surface area contributed by atoms with Crippen molar-refractivity contribution in [1.29, 1.82) is 0 Å². The Morgan fingerprint density at radius 3 is 2.59 bits per heavy atom. The van der Waals surface area contributed by atoms with E-state index >= 15 is 0 Å². The van der Waals surface area contributed by atoms with Crippen molar-refractivity contribution in [2.24, 2.45) is 5.92 Å². The summed E-state index contributed by atoms with van der Waals surface area (Å²) in [5, 5.41) is 37.8. The minimum atomic E-state index is -1.02. The summed E-state index contributed by atoms with van der Waals surface area (Å²) in [6, 6.07) is 11.5. The van der Waals surface area contributed by atoms with Gasteiger partial charge in [-0.05, 0) is 44.5 Å². The van der Waals surface area contributed by atoms with Crippen molar-refractivity contribution in [3.05, 3.63) is 53.5 Å². The van der Waals surface area contributed by atoms with Gasteiger partial charge in [0, 0.05) is 23.9 Å². The number of aliphatic hydroxyl groups is 3. The van der Waals surface area contributed by atoms with Crippen LogP contribution in [0.3, 0.4) is 0 Å². The number of benzene rings is 1. The molecule has 0 radical (unpaired) electrons. The summed E-state index contributed by atoms with van der Waals surface area (Å²) >= 11 is 1.55. The Kier molecular flexibility index (Phi) is 6.22. The number of thiazole rings is 1. The normalized spacial score (nSPS) is 22.4. The average molecular weight is 481 g/mol. The molecule has 0 saturated heterocycles. The van der Waals surface area contributed by atoms with Crippen LogP contribution in [0, 0.1) is 19.8 Å². The van der Waals surface area contributed by atoms with Gasteiger partial charge in [0.25, 0.3) is 0 Å². The summed E-state index contributed by atoms with van der Waals surface area (Å²) < 4.78 is 1.06. The molecule has 4 unspecified atom stereocenters. The summed E-state index contributed by atoms with van der Waals surface area (Å²) in [7, 11) is 0. The molecule has 1 aromatic carbocycles. The number of nitrogens with one attached hydrogen (secondary N) is 3. The topological polar surface area (TPSA) is 139 Å². The molecule has 34 heavy (non-hydrogen) atoms. The molecule has 178 valence electrons. The zero-order chi connectivity index (χ0) is 23.8. The highest BCUT2D eigenvalue weighted by Gasteiger charge is 2.41. The van der Waals surface area contributed by atoms with E-state index in [1.54, 1.807) is 11.3 Å². The lowest BCUT2D eigenvalue weighted by Crippen LogP contribution is -2.35. The molecule has 1 aliphatic rings. The molecule has 10 heteroatoms. The predicted molar refractivity (Wildman–Crippen MR) is 133 cm³/mol. The van der Waals surface area contributed by atoms with E-state index < -0.39 is 24.2 Å². The van der Waals surface area contributed by atoms with Gasteiger partial charge in [-0.25, -0.2) is 9.97 Å². The number of fused-ring (bicyclic) bond motifs is 1. The Morgan fingerprint density at radius 2 is 1.88 bits per heavy atom. The van der Waals surface area contributed by atoms with Gasteiger partial charge < -0.3 is 30.9 Å². The number of H-pyrrole nitrogens is 1. The van der Waals surface area contributed by atoms with Gasteiger partial charge >= 0.3 is 0 Å². The van der Waals surface area contributed by atoms with Crippen LogP contribution in [0.5, 0.6) is 0 Å². The SMILES string of the molecule is Cc1ccc(CNc2nc(C)c(-c3nc4ccccc4s3)c(NC3CC(CO)C(O)C3O)n2)[nH]1. The highest BCUT2D eigenvalue weighted by Crippen LogP contribution is 2.38. The molecular weight excluding hydrogens is 452 g/mol. The number of aliphatic hydroxyl groups excluding tert-OH is 3. The van der Waals surface area contributed by atoms with E-state index in [2.05, 4.69) is 20.6 Å². The molecule has 1 fully saturated rings. The third-order valence-corrected chi connectivity index (χ3v) is 7.34. The first kappa shape index (κ1) is 22.7. The fraction of sp³-hybridized carbons (Fsp3) is 0.375. The molecule has 4 atom stereocenters. The van der Waals surface area contributed by atoms with Crippen molar-refractivity contribution in [3.8, 4) is 10.6 Å². The minimum Gasteiger partial charge on any atom is -0.396 e. The molecular formula is C24H28N6O3S. The first-order chi connectivity index (χ1) is 16.4. The predicted octanol–water partition coefficient (Wildman–Crippen LogP) is 2.82. The number of aryl methyl sites for hydroxylation is 2. The smallest absolute Gasteiger partial charge is 0.225 e. The monoisotopic (exact) mass is 480 g/mol. The molecule has 4 aromatic rings. The fourth-order valence-corrected chi connectivity index (χ4v) is 5.52. The Hall–Kier alpha value is -3.05. The Balaban J connectivity index is 1.51. The van der Waals surface area contributed by atoms with Crippen LogP contribution < -0.4 is 10.6 Å². The number of aromatic nitrogens is 4. The van der Waals surface area contributed by atoms with Gasteiger partial charge in [-0.15, -0.1) is 11.3 Å².